The van der Waals surface area contributed by atoms with E-state index in [2.05, 4.69) is 219 Å². The molecule has 0 saturated carbocycles. The average Bonchev–Trinajstić information content (AvgIpc) is 3.36. The van der Waals surface area contributed by atoms with Crippen LogP contribution in [0.25, 0.3) is 61.0 Å². The Kier molecular flexibility index (Phi) is 11.5. The summed E-state index contributed by atoms with van der Waals surface area (Å²) in [5, 5.41) is 6.20. The first-order valence-corrected chi connectivity index (χ1v) is 22.7. The SMILES string of the molecule is C=Cc1c(Cl)c(Cl)c(Cl)c(C)c1-c1ccc(C(c2ccc(-c3ccccc3)cc2)c2ccc(-c3cccc4ccc5c(C(c6ccccc6)c6ccccc6)cccc5c34)cc2)cc1. The Morgan fingerprint density at radius 3 is 1.47 bits per heavy atom. The summed E-state index contributed by atoms with van der Waals surface area (Å²) >= 11 is 19.9. The standard InChI is InChI=1S/C61H43Cl3/c1-3-50-55(39(2)59(62)61(64)60(50)63)46-33-35-49(36-34-46)56(47-29-25-41(26-30-47)40-15-7-4-8-16-40)48-31-27-42(28-32-48)51-22-13-21-45-37-38-52-53(23-14-24-54(52)58(45)51)57(43-17-9-5-10-18-43)44-19-11-6-12-20-44/h3-38,56-57H,1H2,2H3. The van der Waals surface area contributed by atoms with Crippen molar-refractivity contribution in [1.82, 2.24) is 0 Å². The van der Waals surface area contributed by atoms with Crippen LogP contribution in [-0.2, 0) is 0 Å². The van der Waals surface area contributed by atoms with E-state index in [-0.39, 0.29) is 11.8 Å². The zero-order valence-corrected chi connectivity index (χ0v) is 37.5. The Morgan fingerprint density at radius 1 is 0.391 bits per heavy atom. The van der Waals surface area contributed by atoms with Crippen molar-refractivity contribution in [3.05, 3.63) is 278 Å². The number of hydrogen-bond donors (Lipinski definition) is 0. The Labute approximate surface area is 390 Å². The molecule has 0 aromatic heterocycles. The predicted molar refractivity (Wildman–Crippen MR) is 275 cm³/mol. The molecule has 0 aliphatic rings. The summed E-state index contributed by atoms with van der Waals surface area (Å²) in [5.74, 6) is 0.0618. The quantitative estimate of drug-likeness (QED) is 0.0729. The van der Waals surface area contributed by atoms with Gasteiger partial charge in [-0.05, 0) is 101 Å². The minimum absolute atomic E-state index is 0.0332. The van der Waals surface area contributed by atoms with Crippen LogP contribution in [-0.4, -0.2) is 0 Å². The topological polar surface area (TPSA) is 0 Å². The molecular formula is C61H43Cl3. The number of fused-ring (bicyclic) bond motifs is 3. The molecule has 0 saturated heterocycles. The van der Waals surface area contributed by atoms with Crippen LogP contribution in [0, 0.1) is 6.92 Å². The van der Waals surface area contributed by atoms with E-state index in [1.807, 2.05) is 6.92 Å². The van der Waals surface area contributed by atoms with Gasteiger partial charge in [-0.25, -0.2) is 0 Å². The molecule has 308 valence electrons. The second kappa shape index (κ2) is 17.8. The van der Waals surface area contributed by atoms with Gasteiger partial charge in [0, 0.05) is 17.4 Å². The lowest BCUT2D eigenvalue weighted by Crippen LogP contribution is -2.04. The first kappa shape index (κ1) is 41.3. The maximum absolute atomic E-state index is 6.72. The van der Waals surface area contributed by atoms with Crippen LogP contribution in [0.2, 0.25) is 15.1 Å². The molecular weight excluding hydrogens is 839 g/mol. The van der Waals surface area contributed by atoms with Gasteiger partial charge in [0.2, 0.25) is 0 Å². The third-order valence-corrected chi connectivity index (χ3v) is 14.2. The fraction of sp³-hybridized carbons (Fsp3) is 0.0492. The molecule has 1 unspecified atom stereocenters. The number of benzene rings is 10. The van der Waals surface area contributed by atoms with Crippen molar-refractivity contribution in [2.24, 2.45) is 0 Å². The fourth-order valence-electron chi connectivity index (χ4n) is 9.64. The summed E-state index contributed by atoms with van der Waals surface area (Å²) in [4.78, 5) is 0. The normalized spacial score (nSPS) is 11.9. The molecule has 0 fully saturated rings. The van der Waals surface area contributed by atoms with Gasteiger partial charge in [0.15, 0.2) is 0 Å². The van der Waals surface area contributed by atoms with E-state index in [9.17, 15) is 0 Å². The van der Waals surface area contributed by atoms with Gasteiger partial charge in [0.25, 0.3) is 0 Å². The van der Waals surface area contributed by atoms with Crippen molar-refractivity contribution in [3.63, 3.8) is 0 Å². The summed E-state index contributed by atoms with van der Waals surface area (Å²) < 4.78 is 0. The van der Waals surface area contributed by atoms with Gasteiger partial charge < -0.3 is 0 Å². The van der Waals surface area contributed by atoms with Gasteiger partial charge in [-0.1, -0.05) is 260 Å². The third-order valence-electron chi connectivity index (χ3n) is 12.8. The van der Waals surface area contributed by atoms with E-state index >= 15 is 0 Å². The molecule has 0 bridgehead atoms. The van der Waals surface area contributed by atoms with Crippen LogP contribution in [0.5, 0.6) is 0 Å². The molecule has 3 heteroatoms. The van der Waals surface area contributed by atoms with E-state index in [1.54, 1.807) is 6.08 Å². The molecule has 0 N–H and O–H groups in total. The highest BCUT2D eigenvalue weighted by Gasteiger charge is 2.23. The summed E-state index contributed by atoms with van der Waals surface area (Å²) in [6.07, 6.45) is 1.75. The maximum Gasteiger partial charge on any atom is 0.0787 e. The molecule has 0 heterocycles. The minimum Gasteiger partial charge on any atom is -0.0984 e. The van der Waals surface area contributed by atoms with Crippen molar-refractivity contribution in [1.29, 1.82) is 0 Å². The van der Waals surface area contributed by atoms with Gasteiger partial charge in [0.1, 0.15) is 0 Å². The van der Waals surface area contributed by atoms with E-state index in [0.717, 1.165) is 22.3 Å². The summed E-state index contributed by atoms with van der Waals surface area (Å²) in [6.45, 7) is 6.03. The summed E-state index contributed by atoms with van der Waals surface area (Å²) in [5.41, 5.74) is 15.8. The van der Waals surface area contributed by atoms with E-state index < -0.39 is 0 Å². The van der Waals surface area contributed by atoms with Crippen LogP contribution >= 0.6 is 34.8 Å². The molecule has 0 aliphatic carbocycles. The lowest BCUT2D eigenvalue weighted by molar-refractivity contribution is 0.978. The van der Waals surface area contributed by atoms with Gasteiger partial charge in [0.05, 0.1) is 15.1 Å². The molecule has 64 heavy (non-hydrogen) atoms. The van der Waals surface area contributed by atoms with Crippen molar-refractivity contribution < 1.29 is 0 Å². The highest BCUT2D eigenvalue weighted by Crippen LogP contribution is 2.45. The Morgan fingerprint density at radius 2 is 0.891 bits per heavy atom. The second-order valence-corrected chi connectivity index (χ2v) is 17.5. The van der Waals surface area contributed by atoms with Crippen LogP contribution in [0.4, 0.5) is 0 Å². The molecule has 0 nitrogen and oxygen atoms in total. The van der Waals surface area contributed by atoms with Crippen LogP contribution < -0.4 is 0 Å². The Balaban J connectivity index is 1.08. The molecule has 0 aliphatic heterocycles. The van der Waals surface area contributed by atoms with Crippen LogP contribution in [0.1, 0.15) is 56.3 Å². The van der Waals surface area contributed by atoms with Crippen LogP contribution in [0.3, 0.4) is 0 Å². The number of hydrogen-bond acceptors (Lipinski definition) is 0. The van der Waals surface area contributed by atoms with Gasteiger partial charge in [-0.2, -0.15) is 0 Å². The molecule has 0 radical (unpaired) electrons. The highest BCUT2D eigenvalue weighted by molar-refractivity contribution is 6.49. The number of halogens is 3. The molecule has 10 aromatic carbocycles. The predicted octanol–water partition coefficient (Wildman–Crippen LogP) is 18.3. The van der Waals surface area contributed by atoms with Crippen molar-refractivity contribution in [3.8, 4) is 33.4 Å². The molecule has 1 atom stereocenters. The monoisotopic (exact) mass is 880 g/mol. The summed E-state index contributed by atoms with van der Waals surface area (Å²) in [7, 11) is 0. The molecule has 10 aromatic rings. The summed E-state index contributed by atoms with van der Waals surface area (Å²) in [6, 6.07) is 77.3. The lowest BCUT2D eigenvalue weighted by Gasteiger charge is -2.22. The van der Waals surface area contributed by atoms with E-state index in [0.29, 0.717) is 15.1 Å². The first-order valence-electron chi connectivity index (χ1n) is 21.6. The van der Waals surface area contributed by atoms with Gasteiger partial charge >= 0.3 is 0 Å². The largest absolute Gasteiger partial charge is 0.0984 e. The van der Waals surface area contributed by atoms with Crippen LogP contribution in [0.15, 0.2) is 219 Å². The van der Waals surface area contributed by atoms with E-state index in [4.69, 9.17) is 34.8 Å². The second-order valence-electron chi connectivity index (χ2n) is 16.4. The van der Waals surface area contributed by atoms with Crippen molar-refractivity contribution in [2.75, 3.05) is 0 Å². The Hall–Kier alpha value is -6.67. The first-order chi connectivity index (χ1) is 31.4. The zero-order chi connectivity index (χ0) is 43.7. The molecule has 0 amide bonds. The maximum atomic E-state index is 6.72. The average molecular weight is 882 g/mol. The smallest absolute Gasteiger partial charge is 0.0787 e. The molecule has 10 rings (SSSR count). The number of rotatable bonds is 10. The zero-order valence-electron chi connectivity index (χ0n) is 35.3. The Bertz CT molecular complexity index is 3240. The highest BCUT2D eigenvalue weighted by atomic mass is 35.5. The van der Waals surface area contributed by atoms with Gasteiger partial charge in [-0.3, -0.25) is 0 Å². The third kappa shape index (κ3) is 7.63. The minimum atomic E-state index is -0.0332. The fourth-order valence-corrected chi connectivity index (χ4v) is 10.4. The van der Waals surface area contributed by atoms with Crippen molar-refractivity contribution >= 4 is 62.4 Å². The van der Waals surface area contributed by atoms with E-state index in [1.165, 1.54) is 77.2 Å². The van der Waals surface area contributed by atoms with Gasteiger partial charge in [-0.15, -0.1) is 0 Å². The molecule has 0 spiro atoms. The lowest BCUT2D eigenvalue weighted by atomic mass is 9.81. The van der Waals surface area contributed by atoms with Crippen molar-refractivity contribution in [2.45, 2.75) is 18.8 Å².